The molecule has 1 aliphatic rings. The quantitative estimate of drug-likeness (QED) is 0.904. The number of morpholine rings is 1. The second-order valence-corrected chi connectivity index (χ2v) is 5.25. The lowest BCUT2D eigenvalue weighted by Crippen LogP contribution is -2.45. The Balaban J connectivity index is 1.88. The van der Waals surface area contributed by atoms with Crippen LogP contribution in [0.3, 0.4) is 0 Å². The monoisotopic (exact) mass is 302 g/mol. The van der Waals surface area contributed by atoms with Gasteiger partial charge in [-0.15, -0.1) is 0 Å². The van der Waals surface area contributed by atoms with E-state index in [2.05, 4.69) is 17.1 Å². The van der Waals surface area contributed by atoms with Crippen molar-refractivity contribution in [2.75, 3.05) is 38.1 Å². The molecule has 0 bridgehead atoms. The van der Waals surface area contributed by atoms with Crippen LogP contribution >= 0.6 is 0 Å². The first kappa shape index (κ1) is 16.1. The molecular weight excluding hydrogens is 281 g/mol. The third kappa shape index (κ3) is 4.89. The Kier molecular flexibility index (Phi) is 5.47. The molecule has 1 N–H and O–H groups in total. The Bertz CT molecular complexity index is 449. The summed E-state index contributed by atoms with van der Waals surface area (Å²) < 4.78 is 43.6. The molecule has 1 atom stereocenters. The number of benzene rings is 1. The van der Waals surface area contributed by atoms with Crippen LogP contribution in [0.2, 0.25) is 0 Å². The van der Waals surface area contributed by atoms with Crippen molar-refractivity contribution in [1.82, 2.24) is 4.90 Å². The lowest BCUT2D eigenvalue weighted by Gasteiger charge is -2.33. The highest BCUT2D eigenvalue weighted by Crippen LogP contribution is 2.30. The van der Waals surface area contributed by atoms with Gasteiger partial charge in [0, 0.05) is 25.3 Å². The van der Waals surface area contributed by atoms with Gasteiger partial charge < -0.3 is 10.1 Å². The average molecular weight is 302 g/mol. The van der Waals surface area contributed by atoms with Gasteiger partial charge in [-0.3, -0.25) is 4.90 Å². The van der Waals surface area contributed by atoms with Crippen LogP contribution in [0.4, 0.5) is 18.9 Å². The van der Waals surface area contributed by atoms with E-state index in [1.807, 2.05) is 0 Å². The average Bonchev–Trinajstić information content (AvgIpc) is 2.45. The fourth-order valence-electron chi connectivity index (χ4n) is 2.46. The molecule has 0 spiro atoms. The molecule has 118 valence electrons. The summed E-state index contributed by atoms with van der Waals surface area (Å²) in [7, 11) is 0. The van der Waals surface area contributed by atoms with Crippen LogP contribution in [0, 0.1) is 0 Å². The number of anilines is 1. The van der Waals surface area contributed by atoms with E-state index < -0.39 is 11.7 Å². The number of alkyl halides is 3. The van der Waals surface area contributed by atoms with Crippen molar-refractivity contribution in [1.29, 1.82) is 0 Å². The van der Waals surface area contributed by atoms with E-state index in [-0.39, 0.29) is 6.10 Å². The van der Waals surface area contributed by atoms with Crippen molar-refractivity contribution < 1.29 is 17.9 Å². The minimum atomic E-state index is -4.31. The first-order chi connectivity index (χ1) is 9.99. The van der Waals surface area contributed by atoms with E-state index in [0.29, 0.717) is 18.8 Å². The Labute approximate surface area is 123 Å². The molecule has 1 saturated heterocycles. The van der Waals surface area contributed by atoms with Gasteiger partial charge in [-0.1, -0.05) is 13.0 Å². The number of hydrogen-bond donors (Lipinski definition) is 1. The maximum absolute atomic E-state index is 12.6. The van der Waals surface area contributed by atoms with E-state index in [9.17, 15) is 13.2 Å². The fourth-order valence-corrected chi connectivity index (χ4v) is 2.46. The number of hydrogen-bond acceptors (Lipinski definition) is 3. The Morgan fingerprint density at radius 1 is 1.38 bits per heavy atom. The lowest BCUT2D eigenvalue weighted by atomic mass is 10.2. The zero-order valence-corrected chi connectivity index (χ0v) is 12.1. The maximum atomic E-state index is 12.6. The summed E-state index contributed by atoms with van der Waals surface area (Å²) in [5.41, 5.74) is -0.161. The Morgan fingerprint density at radius 2 is 2.19 bits per heavy atom. The zero-order valence-electron chi connectivity index (χ0n) is 12.1. The van der Waals surface area contributed by atoms with E-state index in [4.69, 9.17) is 4.74 Å². The summed E-state index contributed by atoms with van der Waals surface area (Å²) in [6, 6.07) is 5.26. The van der Waals surface area contributed by atoms with E-state index in [1.54, 1.807) is 6.07 Å². The Morgan fingerprint density at radius 3 is 2.90 bits per heavy atom. The van der Waals surface area contributed by atoms with Crippen molar-refractivity contribution in [3.8, 4) is 0 Å². The maximum Gasteiger partial charge on any atom is 0.416 e. The van der Waals surface area contributed by atoms with Crippen molar-refractivity contribution >= 4 is 5.69 Å². The third-order valence-corrected chi connectivity index (χ3v) is 3.49. The minimum absolute atomic E-state index is 0.0137. The molecule has 1 unspecified atom stereocenters. The number of rotatable bonds is 5. The van der Waals surface area contributed by atoms with Crippen molar-refractivity contribution in [2.45, 2.75) is 25.6 Å². The van der Waals surface area contributed by atoms with Gasteiger partial charge in [-0.05, 0) is 31.2 Å². The van der Waals surface area contributed by atoms with Gasteiger partial charge in [0.15, 0.2) is 0 Å². The standard InChI is InChI=1S/C15H21F3N2O/c1-2-6-20-7-8-21-14(11-20)10-19-13-5-3-4-12(9-13)15(16,17)18/h3-5,9,14,19H,2,6-8,10-11H2,1H3. The predicted octanol–water partition coefficient (Wildman–Crippen LogP) is 3.23. The van der Waals surface area contributed by atoms with Gasteiger partial charge in [-0.2, -0.15) is 13.2 Å². The minimum Gasteiger partial charge on any atom is -0.382 e. The van der Waals surface area contributed by atoms with Gasteiger partial charge in [0.05, 0.1) is 18.3 Å². The van der Waals surface area contributed by atoms with Gasteiger partial charge >= 0.3 is 6.18 Å². The SMILES string of the molecule is CCCN1CCOC(CNc2cccc(C(F)(F)F)c2)C1. The van der Waals surface area contributed by atoms with Crippen LogP contribution in [0.5, 0.6) is 0 Å². The molecule has 21 heavy (non-hydrogen) atoms. The van der Waals surface area contributed by atoms with Gasteiger partial charge in [-0.25, -0.2) is 0 Å². The predicted molar refractivity (Wildman–Crippen MR) is 76.4 cm³/mol. The summed E-state index contributed by atoms with van der Waals surface area (Å²) in [6.07, 6.45) is -3.20. The zero-order chi connectivity index (χ0) is 15.3. The van der Waals surface area contributed by atoms with Crippen LogP contribution < -0.4 is 5.32 Å². The highest BCUT2D eigenvalue weighted by atomic mass is 19.4. The smallest absolute Gasteiger partial charge is 0.382 e. The number of halogens is 3. The second kappa shape index (κ2) is 7.13. The van der Waals surface area contributed by atoms with Crippen molar-refractivity contribution in [3.63, 3.8) is 0 Å². The highest BCUT2D eigenvalue weighted by Gasteiger charge is 2.30. The third-order valence-electron chi connectivity index (χ3n) is 3.49. The molecule has 0 aliphatic carbocycles. The van der Waals surface area contributed by atoms with Gasteiger partial charge in [0.2, 0.25) is 0 Å². The summed E-state index contributed by atoms with van der Waals surface area (Å²) in [5, 5.41) is 3.04. The first-order valence-corrected chi connectivity index (χ1v) is 7.24. The van der Waals surface area contributed by atoms with Crippen LogP contribution in [-0.2, 0) is 10.9 Å². The molecule has 0 aromatic heterocycles. The van der Waals surface area contributed by atoms with Crippen molar-refractivity contribution in [2.24, 2.45) is 0 Å². The van der Waals surface area contributed by atoms with Crippen LogP contribution in [-0.4, -0.2) is 43.8 Å². The molecule has 3 nitrogen and oxygen atoms in total. The highest BCUT2D eigenvalue weighted by molar-refractivity contribution is 5.46. The summed E-state index contributed by atoms with van der Waals surface area (Å²) in [6.45, 7) is 6.10. The topological polar surface area (TPSA) is 24.5 Å². The largest absolute Gasteiger partial charge is 0.416 e. The van der Waals surface area contributed by atoms with Crippen molar-refractivity contribution in [3.05, 3.63) is 29.8 Å². The van der Waals surface area contributed by atoms with E-state index >= 15 is 0 Å². The number of nitrogens with zero attached hydrogens (tertiary/aromatic N) is 1. The lowest BCUT2D eigenvalue weighted by molar-refractivity contribution is -0.137. The molecule has 1 aromatic carbocycles. The van der Waals surface area contributed by atoms with Crippen LogP contribution in [0.1, 0.15) is 18.9 Å². The van der Waals surface area contributed by atoms with Crippen LogP contribution in [0.25, 0.3) is 0 Å². The van der Waals surface area contributed by atoms with Crippen LogP contribution in [0.15, 0.2) is 24.3 Å². The molecule has 6 heteroatoms. The van der Waals surface area contributed by atoms with E-state index in [1.165, 1.54) is 6.07 Å². The molecule has 0 radical (unpaired) electrons. The first-order valence-electron chi connectivity index (χ1n) is 7.24. The molecule has 1 heterocycles. The molecule has 0 saturated carbocycles. The molecular formula is C15H21F3N2O. The Hall–Kier alpha value is -1.27. The molecule has 1 aromatic rings. The van der Waals surface area contributed by atoms with E-state index in [0.717, 1.165) is 38.2 Å². The molecule has 0 amide bonds. The summed E-state index contributed by atoms with van der Waals surface area (Å²) >= 11 is 0. The van der Waals surface area contributed by atoms with Gasteiger partial charge in [0.25, 0.3) is 0 Å². The molecule has 1 fully saturated rings. The molecule has 2 rings (SSSR count). The van der Waals surface area contributed by atoms with Gasteiger partial charge in [0.1, 0.15) is 0 Å². The summed E-state index contributed by atoms with van der Waals surface area (Å²) in [4.78, 5) is 2.32. The normalized spacial score (nSPS) is 20.5. The number of ether oxygens (including phenoxy) is 1. The number of nitrogens with one attached hydrogen (secondary N) is 1. The molecule has 1 aliphatic heterocycles. The fraction of sp³-hybridized carbons (Fsp3) is 0.600. The second-order valence-electron chi connectivity index (χ2n) is 5.25. The summed E-state index contributed by atoms with van der Waals surface area (Å²) in [5.74, 6) is 0.